The average Bonchev–Trinajstić information content (AvgIpc) is 2.31. The first-order chi connectivity index (χ1) is 9.44. The van der Waals surface area contributed by atoms with Crippen LogP contribution in [-0.4, -0.2) is 6.10 Å². The molecule has 0 bridgehead atoms. The molecule has 2 aromatic rings. The summed E-state index contributed by atoms with van der Waals surface area (Å²) in [4.78, 5) is 0. The molecule has 3 nitrogen and oxygen atoms in total. The second-order valence-corrected chi connectivity index (χ2v) is 6.48. The van der Waals surface area contributed by atoms with Gasteiger partial charge in [0.25, 0.3) is 0 Å². The molecule has 0 unspecified atom stereocenters. The third kappa shape index (κ3) is 4.15. The van der Waals surface area contributed by atoms with Crippen molar-refractivity contribution in [3.05, 3.63) is 45.3 Å². The number of nitrogen functional groups attached to an aromatic ring is 1. The molecular formula is C15H16Br2N2O. The van der Waals surface area contributed by atoms with Gasteiger partial charge in [-0.15, -0.1) is 0 Å². The molecule has 2 aromatic carbocycles. The molecule has 3 N–H and O–H groups in total. The molecular weight excluding hydrogens is 384 g/mol. The Morgan fingerprint density at radius 3 is 2.50 bits per heavy atom. The van der Waals surface area contributed by atoms with Gasteiger partial charge in [0.05, 0.1) is 11.8 Å². The largest absolute Gasteiger partial charge is 0.491 e. The van der Waals surface area contributed by atoms with Crippen molar-refractivity contribution in [2.24, 2.45) is 0 Å². The lowest BCUT2D eigenvalue weighted by molar-refractivity contribution is 0.242. The maximum Gasteiger partial charge on any atom is 0.123 e. The van der Waals surface area contributed by atoms with E-state index in [4.69, 9.17) is 10.5 Å². The molecule has 0 aliphatic heterocycles. The summed E-state index contributed by atoms with van der Waals surface area (Å²) < 4.78 is 7.68. The van der Waals surface area contributed by atoms with Crippen molar-refractivity contribution in [3.8, 4) is 5.75 Å². The zero-order valence-electron chi connectivity index (χ0n) is 11.3. The van der Waals surface area contributed by atoms with Crippen LogP contribution < -0.4 is 15.8 Å². The van der Waals surface area contributed by atoms with Gasteiger partial charge in [-0.05, 0) is 54.0 Å². The number of rotatable bonds is 4. The Kier molecular flexibility index (Phi) is 4.94. The summed E-state index contributed by atoms with van der Waals surface area (Å²) in [6, 6.07) is 11.6. The normalized spacial score (nSPS) is 10.7. The molecule has 2 rings (SSSR count). The topological polar surface area (TPSA) is 47.3 Å². The van der Waals surface area contributed by atoms with Crippen LogP contribution in [0.5, 0.6) is 5.75 Å². The molecule has 106 valence electrons. The van der Waals surface area contributed by atoms with Crippen LogP contribution in [-0.2, 0) is 0 Å². The zero-order chi connectivity index (χ0) is 14.7. The van der Waals surface area contributed by atoms with Crippen LogP contribution >= 0.6 is 31.9 Å². The smallest absolute Gasteiger partial charge is 0.123 e. The highest BCUT2D eigenvalue weighted by Crippen LogP contribution is 2.31. The van der Waals surface area contributed by atoms with Gasteiger partial charge in [-0.2, -0.15) is 0 Å². The number of hydrogen-bond acceptors (Lipinski definition) is 3. The lowest BCUT2D eigenvalue weighted by Gasteiger charge is -2.14. The summed E-state index contributed by atoms with van der Waals surface area (Å²) in [7, 11) is 0. The molecule has 0 aliphatic rings. The standard InChI is InChI=1S/C15H16Br2N2O/c1-9(2)20-13-7-11(18)6-12(8-13)19-15-4-3-10(16)5-14(15)17/h3-9,19H,18H2,1-2H3. The minimum Gasteiger partial charge on any atom is -0.491 e. The number of nitrogens with two attached hydrogens (primary N) is 1. The second-order valence-electron chi connectivity index (χ2n) is 4.71. The highest BCUT2D eigenvalue weighted by atomic mass is 79.9. The van der Waals surface area contributed by atoms with Gasteiger partial charge in [0.2, 0.25) is 0 Å². The van der Waals surface area contributed by atoms with Crippen LogP contribution in [0.2, 0.25) is 0 Å². The molecule has 0 heterocycles. The second kappa shape index (κ2) is 6.50. The fourth-order valence-electron chi connectivity index (χ4n) is 1.78. The van der Waals surface area contributed by atoms with Crippen LogP contribution in [0.15, 0.2) is 45.3 Å². The van der Waals surface area contributed by atoms with E-state index in [1.807, 2.05) is 50.2 Å². The Morgan fingerprint density at radius 1 is 1.10 bits per heavy atom. The van der Waals surface area contributed by atoms with Crippen LogP contribution in [0, 0.1) is 0 Å². The molecule has 0 amide bonds. The fraction of sp³-hybridized carbons (Fsp3) is 0.200. The minimum atomic E-state index is 0.115. The summed E-state index contributed by atoms with van der Waals surface area (Å²) in [5.41, 5.74) is 8.44. The SMILES string of the molecule is CC(C)Oc1cc(N)cc(Nc2ccc(Br)cc2Br)c1. The van der Waals surface area contributed by atoms with Crippen LogP contribution in [0.1, 0.15) is 13.8 Å². The van der Waals surface area contributed by atoms with E-state index >= 15 is 0 Å². The van der Waals surface area contributed by atoms with E-state index in [2.05, 4.69) is 37.2 Å². The maximum atomic E-state index is 5.91. The third-order valence-corrected chi connectivity index (χ3v) is 3.66. The Hall–Kier alpha value is -1.20. The number of halogens is 2. The quantitative estimate of drug-likeness (QED) is 0.683. The highest BCUT2D eigenvalue weighted by molar-refractivity contribution is 9.11. The fourth-order valence-corrected chi connectivity index (χ4v) is 2.93. The molecule has 0 aromatic heterocycles. The van der Waals surface area contributed by atoms with Gasteiger partial charge in [0.1, 0.15) is 5.75 Å². The molecule has 0 radical (unpaired) electrons. The van der Waals surface area contributed by atoms with Gasteiger partial charge < -0.3 is 15.8 Å². The molecule has 5 heteroatoms. The number of nitrogens with one attached hydrogen (secondary N) is 1. The lowest BCUT2D eigenvalue weighted by Crippen LogP contribution is -2.06. The summed E-state index contributed by atoms with van der Waals surface area (Å²) in [5, 5.41) is 3.33. The molecule has 0 spiro atoms. The Labute approximate surface area is 135 Å². The summed E-state index contributed by atoms with van der Waals surface area (Å²) >= 11 is 6.96. The predicted molar refractivity (Wildman–Crippen MR) is 91.7 cm³/mol. The van der Waals surface area contributed by atoms with E-state index in [0.717, 1.165) is 26.1 Å². The van der Waals surface area contributed by atoms with E-state index in [1.54, 1.807) is 0 Å². The number of benzene rings is 2. The van der Waals surface area contributed by atoms with Crippen LogP contribution in [0.4, 0.5) is 17.1 Å². The van der Waals surface area contributed by atoms with E-state index < -0.39 is 0 Å². The molecule has 0 fully saturated rings. The zero-order valence-corrected chi connectivity index (χ0v) is 14.5. The van der Waals surface area contributed by atoms with Gasteiger partial charge in [0.15, 0.2) is 0 Å². The van der Waals surface area contributed by atoms with Crippen molar-refractivity contribution in [3.63, 3.8) is 0 Å². The Balaban J connectivity index is 2.26. The Morgan fingerprint density at radius 2 is 1.85 bits per heavy atom. The van der Waals surface area contributed by atoms with Crippen molar-refractivity contribution in [1.29, 1.82) is 0 Å². The van der Waals surface area contributed by atoms with E-state index in [0.29, 0.717) is 5.69 Å². The molecule has 0 saturated heterocycles. The van der Waals surface area contributed by atoms with Crippen LogP contribution in [0.25, 0.3) is 0 Å². The van der Waals surface area contributed by atoms with E-state index in [-0.39, 0.29) is 6.10 Å². The number of hydrogen-bond donors (Lipinski definition) is 2. The van der Waals surface area contributed by atoms with Crippen molar-refractivity contribution in [2.45, 2.75) is 20.0 Å². The highest BCUT2D eigenvalue weighted by Gasteiger charge is 2.05. The maximum absolute atomic E-state index is 5.91. The molecule has 0 aliphatic carbocycles. The van der Waals surface area contributed by atoms with Crippen molar-refractivity contribution >= 4 is 48.9 Å². The van der Waals surface area contributed by atoms with Gasteiger partial charge in [-0.3, -0.25) is 0 Å². The van der Waals surface area contributed by atoms with Crippen molar-refractivity contribution in [1.82, 2.24) is 0 Å². The van der Waals surface area contributed by atoms with Gasteiger partial charge in [-0.25, -0.2) is 0 Å². The molecule has 20 heavy (non-hydrogen) atoms. The van der Waals surface area contributed by atoms with E-state index in [1.165, 1.54) is 0 Å². The van der Waals surface area contributed by atoms with E-state index in [9.17, 15) is 0 Å². The Bertz CT molecular complexity index is 615. The van der Waals surface area contributed by atoms with Gasteiger partial charge >= 0.3 is 0 Å². The van der Waals surface area contributed by atoms with Crippen molar-refractivity contribution < 1.29 is 4.74 Å². The number of anilines is 3. The summed E-state index contributed by atoms with van der Waals surface area (Å²) in [6.07, 6.45) is 0.115. The minimum absolute atomic E-state index is 0.115. The predicted octanol–water partition coefficient (Wildman–Crippen LogP) is 5.32. The number of ether oxygens (including phenoxy) is 1. The molecule has 0 atom stereocenters. The van der Waals surface area contributed by atoms with Gasteiger partial charge in [-0.1, -0.05) is 15.9 Å². The molecule has 0 saturated carbocycles. The summed E-state index contributed by atoms with van der Waals surface area (Å²) in [5.74, 6) is 0.760. The third-order valence-electron chi connectivity index (χ3n) is 2.51. The van der Waals surface area contributed by atoms with Gasteiger partial charge in [0, 0.05) is 32.5 Å². The summed E-state index contributed by atoms with van der Waals surface area (Å²) in [6.45, 7) is 3.98. The first-order valence-corrected chi connectivity index (χ1v) is 7.82. The monoisotopic (exact) mass is 398 g/mol. The first-order valence-electron chi connectivity index (χ1n) is 6.23. The van der Waals surface area contributed by atoms with Crippen molar-refractivity contribution in [2.75, 3.05) is 11.1 Å². The first kappa shape index (κ1) is 15.2. The average molecular weight is 400 g/mol. The lowest BCUT2D eigenvalue weighted by atomic mass is 10.2. The van der Waals surface area contributed by atoms with Crippen LogP contribution in [0.3, 0.4) is 0 Å².